The van der Waals surface area contributed by atoms with Crippen molar-refractivity contribution >= 4 is 11.9 Å². The van der Waals surface area contributed by atoms with Gasteiger partial charge in [0, 0.05) is 44.1 Å². The first kappa shape index (κ1) is 19.8. The van der Waals surface area contributed by atoms with Gasteiger partial charge in [0.1, 0.15) is 0 Å². The Bertz CT molecular complexity index is 1050. The Hall–Kier alpha value is -3.49. The number of hydrogen-bond acceptors (Lipinski definition) is 6. The van der Waals surface area contributed by atoms with Gasteiger partial charge in [0.05, 0.1) is 25.4 Å². The summed E-state index contributed by atoms with van der Waals surface area (Å²) in [6, 6.07) is 6.40. The van der Waals surface area contributed by atoms with Crippen LogP contribution < -0.4 is 15.0 Å². The molecule has 3 aromatic rings. The van der Waals surface area contributed by atoms with Crippen molar-refractivity contribution in [3.05, 3.63) is 54.2 Å². The van der Waals surface area contributed by atoms with E-state index in [9.17, 15) is 9.18 Å². The quantitative estimate of drug-likeness (QED) is 0.669. The van der Waals surface area contributed by atoms with Crippen LogP contribution in [-0.2, 0) is 18.3 Å². The molecule has 1 fully saturated rings. The number of halogens is 1. The fourth-order valence-electron chi connectivity index (χ4n) is 3.56. The molecule has 2 aromatic heterocycles. The van der Waals surface area contributed by atoms with Gasteiger partial charge in [0.15, 0.2) is 11.6 Å². The van der Waals surface area contributed by atoms with Gasteiger partial charge in [-0.05, 0) is 30.2 Å². The van der Waals surface area contributed by atoms with Crippen LogP contribution in [0.4, 0.5) is 10.3 Å². The van der Waals surface area contributed by atoms with E-state index in [0.717, 1.165) is 24.2 Å². The van der Waals surface area contributed by atoms with Crippen molar-refractivity contribution < 1.29 is 13.9 Å². The molecule has 30 heavy (non-hydrogen) atoms. The zero-order valence-corrected chi connectivity index (χ0v) is 16.9. The minimum atomic E-state index is -0.472. The summed E-state index contributed by atoms with van der Waals surface area (Å²) in [5.74, 6) is 0.182. The van der Waals surface area contributed by atoms with Crippen LogP contribution in [-0.4, -0.2) is 51.9 Å². The van der Waals surface area contributed by atoms with Gasteiger partial charge in [-0.15, -0.1) is 0 Å². The van der Waals surface area contributed by atoms with Crippen LogP contribution in [0.1, 0.15) is 12.0 Å². The topological polar surface area (TPSA) is 85.2 Å². The van der Waals surface area contributed by atoms with Gasteiger partial charge < -0.3 is 15.0 Å². The van der Waals surface area contributed by atoms with Gasteiger partial charge in [-0.25, -0.2) is 14.4 Å². The summed E-state index contributed by atoms with van der Waals surface area (Å²) in [5, 5.41) is 7.20. The molecule has 1 N–H and O–H groups in total. The summed E-state index contributed by atoms with van der Waals surface area (Å²) in [4.78, 5) is 23.5. The van der Waals surface area contributed by atoms with E-state index in [2.05, 4.69) is 25.3 Å². The molecule has 1 atom stereocenters. The third kappa shape index (κ3) is 4.40. The largest absolute Gasteiger partial charge is 0.494 e. The predicted octanol–water partition coefficient (Wildman–Crippen LogP) is 1.96. The van der Waals surface area contributed by atoms with Crippen LogP contribution in [0.2, 0.25) is 0 Å². The standard InChI is InChI=1S/C21H23FN6O2/c1-27-12-15(11-24-27)18-5-7-23-21(26-18)28-8-6-16(13-28)25-20(29)10-14-3-4-19(30-2)17(22)9-14/h3-5,7,9,11-12,16H,6,8,10,13H2,1-2H3,(H,25,29). The first-order chi connectivity index (χ1) is 14.5. The number of carbonyl (C=O) groups excluding carboxylic acids is 1. The monoisotopic (exact) mass is 410 g/mol. The molecule has 3 heterocycles. The van der Waals surface area contributed by atoms with Crippen LogP contribution in [0.15, 0.2) is 42.9 Å². The fourth-order valence-corrected chi connectivity index (χ4v) is 3.56. The van der Waals surface area contributed by atoms with Crippen LogP contribution in [0.5, 0.6) is 5.75 Å². The van der Waals surface area contributed by atoms with E-state index in [1.807, 2.05) is 19.3 Å². The van der Waals surface area contributed by atoms with Gasteiger partial charge in [-0.2, -0.15) is 5.10 Å². The number of carbonyl (C=O) groups is 1. The number of rotatable bonds is 6. The molecule has 1 aliphatic heterocycles. The lowest BCUT2D eigenvalue weighted by molar-refractivity contribution is -0.121. The number of benzene rings is 1. The lowest BCUT2D eigenvalue weighted by Gasteiger charge is -2.17. The van der Waals surface area contributed by atoms with Gasteiger partial charge in [-0.3, -0.25) is 9.48 Å². The summed E-state index contributed by atoms with van der Waals surface area (Å²) >= 11 is 0. The van der Waals surface area contributed by atoms with E-state index in [1.165, 1.54) is 19.2 Å². The zero-order chi connectivity index (χ0) is 21.1. The molecule has 1 saturated heterocycles. The van der Waals surface area contributed by atoms with E-state index in [0.29, 0.717) is 18.1 Å². The molecule has 1 amide bonds. The highest BCUT2D eigenvalue weighted by atomic mass is 19.1. The Morgan fingerprint density at radius 3 is 2.97 bits per heavy atom. The molecule has 4 rings (SSSR count). The van der Waals surface area contributed by atoms with Gasteiger partial charge in [0.2, 0.25) is 11.9 Å². The summed E-state index contributed by atoms with van der Waals surface area (Å²) in [5.41, 5.74) is 2.34. The Morgan fingerprint density at radius 2 is 2.23 bits per heavy atom. The SMILES string of the molecule is COc1ccc(CC(=O)NC2CCN(c3nccc(-c4cnn(C)c4)n3)C2)cc1F. The van der Waals surface area contributed by atoms with Crippen molar-refractivity contribution in [1.82, 2.24) is 25.1 Å². The maximum atomic E-state index is 13.8. The molecule has 8 nitrogen and oxygen atoms in total. The number of ether oxygens (including phenoxy) is 1. The molecule has 0 saturated carbocycles. The first-order valence-electron chi connectivity index (χ1n) is 9.70. The highest BCUT2D eigenvalue weighted by Gasteiger charge is 2.26. The van der Waals surface area contributed by atoms with E-state index in [1.54, 1.807) is 23.1 Å². The smallest absolute Gasteiger partial charge is 0.225 e. The minimum absolute atomic E-state index is 0.00811. The summed E-state index contributed by atoms with van der Waals surface area (Å²) in [6.07, 6.45) is 6.31. The average molecular weight is 410 g/mol. The van der Waals surface area contributed by atoms with Gasteiger partial charge in [0.25, 0.3) is 0 Å². The lowest BCUT2D eigenvalue weighted by Crippen LogP contribution is -2.38. The highest BCUT2D eigenvalue weighted by molar-refractivity contribution is 5.79. The number of aryl methyl sites for hydroxylation is 1. The molecule has 1 aromatic carbocycles. The number of hydrogen-bond donors (Lipinski definition) is 1. The maximum Gasteiger partial charge on any atom is 0.225 e. The lowest BCUT2D eigenvalue weighted by atomic mass is 10.1. The summed E-state index contributed by atoms with van der Waals surface area (Å²) < 4.78 is 20.5. The number of amides is 1. The fraction of sp³-hybridized carbons (Fsp3) is 0.333. The maximum absolute atomic E-state index is 13.8. The van der Waals surface area contributed by atoms with Crippen molar-refractivity contribution in [2.24, 2.45) is 7.05 Å². The van der Waals surface area contributed by atoms with Crippen LogP contribution in [0.25, 0.3) is 11.3 Å². The average Bonchev–Trinajstić information content (AvgIpc) is 3.37. The minimum Gasteiger partial charge on any atom is -0.494 e. The van der Waals surface area contributed by atoms with Crippen molar-refractivity contribution in [2.45, 2.75) is 18.9 Å². The van der Waals surface area contributed by atoms with E-state index >= 15 is 0 Å². The molecule has 1 unspecified atom stereocenters. The second kappa shape index (κ2) is 8.48. The van der Waals surface area contributed by atoms with Gasteiger partial charge in [-0.1, -0.05) is 6.07 Å². The summed E-state index contributed by atoms with van der Waals surface area (Å²) in [6.45, 7) is 1.37. The Morgan fingerprint density at radius 1 is 1.37 bits per heavy atom. The zero-order valence-electron chi connectivity index (χ0n) is 16.9. The number of aromatic nitrogens is 4. The van der Waals surface area contributed by atoms with E-state index in [4.69, 9.17) is 4.74 Å². The number of nitrogens with one attached hydrogen (secondary N) is 1. The highest BCUT2D eigenvalue weighted by Crippen LogP contribution is 2.21. The number of methoxy groups -OCH3 is 1. The molecule has 0 spiro atoms. The molecule has 9 heteroatoms. The normalized spacial score (nSPS) is 16.0. The van der Waals surface area contributed by atoms with Crippen molar-refractivity contribution in [1.29, 1.82) is 0 Å². The van der Waals surface area contributed by atoms with Gasteiger partial charge >= 0.3 is 0 Å². The molecule has 1 aliphatic rings. The van der Waals surface area contributed by atoms with Crippen LogP contribution in [0.3, 0.4) is 0 Å². The molecular weight excluding hydrogens is 387 g/mol. The Kier molecular flexibility index (Phi) is 5.60. The van der Waals surface area contributed by atoms with E-state index in [-0.39, 0.29) is 24.1 Å². The molecule has 0 bridgehead atoms. The first-order valence-corrected chi connectivity index (χ1v) is 9.70. The predicted molar refractivity (Wildman–Crippen MR) is 110 cm³/mol. The third-order valence-corrected chi connectivity index (χ3v) is 5.06. The third-order valence-electron chi connectivity index (χ3n) is 5.06. The Labute approximate surface area is 173 Å². The molecule has 0 radical (unpaired) electrons. The molecule has 156 valence electrons. The van der Waals surface area contributed by atoms with Crippen molar-refractivity contribution in [2.75, 3.05) is 25.1 Å². The summed E-state index contributed by atoms with van der Waals surface area (Å²) in [7, 11) is 3.27. The molecule has 0 aliphatic carbocycles. The number of nitrogens with zero attached hydrogens (tertiary/aromatic N) is 5. The Balaban J connectivity index is 1.35. The number of anilines is 1. The van der Waals surface area contributed by atoms with Crippen molar-refractivity contribution in [3.63, 3.8) is 0 Å². The second-order valence-corrected chi connectivity index (χ2v) is 7.29. The van der Waals surface area contributed by atoms with Crippen molar-refractivity contribution in [3.8, 4) is 17.0 Å². The van der Waals surface area contributed by atoms with E-state index < -0.39 is 5.82 Å². The van der Waals surface area contributed by atoms with Crippen LogP contribution >= 0.6 is 0 Å². The second-order valence-electron chi connectivity index (χ2n) is 7.29. The molecular formula is C21H23FN6O2. The van der Waals surface area contributed by atoms with Crippen LogP contribution in [0, 0.1) is 5.82 Å².